The van der Waals surface area contributed by atoms with Gasteiger partial charge in [-0.1, -0.05) is 27.2 Å². The number of piperidine rings is 1. The van der Waals surface area contributed by atoms with E-state index in [1.807, 2.05) is 0 Å². The molecular weight excluding hydrogens is 158 g/mol. The van der Waals surface area contributed by atoms with Crippen molar-refractivity contribution in [3.63, 3.8) is 0 Å². The zero-order chi connectivity index (χ0) is 9.68. The Hall–Kier alpha value is -0.0400. The van der Waals surface area contributed by atoms with Crippen LogP contribution in [0.3, 0.4) is 0 Å². The molecule has 0 aromatic rings. The van der Waals surface area contributed by atoms with Crippen LogP contribution in [0.25, 0.3) is 0 Å². The Kier molecular flexibility index (Phi) is 4.79. The maximum atomic E-state index is 2.64. The van der Waals surface area contributed by atoms with E-state index in [1.54, 1.807) is 0 Å². The summed E-state index contributed by atoms with van der Waals surface area (Å²) in [7, 11) is 0. The number of likely N-dealkylation sites (tertiary alicyclic amines) is 1. The van der Waals surface area contributed by atoms with Gasteiger partial charge in [0.15, 0.2) is 0 Å². The van der Waals surface area contributed by atoms with E-state index in [9.17, 15) is 0 Å². The minimum absolute atomic E-state index is 0.852. The smallest absolute Gasteiger partial charge is 0.00161 e. The molecule has 1 unspecified atom stereocenters. The first-order valence-electron chi connectivity index (χ1n) is 5.92. The Bertz CT molecular complexity index is 125. The first kappa shape index (κ1) is 11.0. The zero-order valence-corrected chi connectivity index (χ0v) is 9.55. The van der Waals surface area contributed by atoms with Gasteiger partial charge in [0.1, 0.15) is 0 Å². The van der Waals surface area contributed by atoms with Crippen molar-refractivity contribution in [3.05, 3.63) is 0 Å². The Morgan fingerprint density at radius 2 is 1.62 bits per heavy atom. The van der Waals surface area contributed by atoms with Crippen LogP contribution in [0.15, 0.2) is 0 Å². The van der Waals surface area contributed by atoms with Gasteiger partial charge in [-0.25, -0.2) is 0 Å². The Balaban J connectivity index is 2.10. The molecule has 1 saturated heterocycles. The maximum absolute atomic E-state index is 2.64. The molecule has 0 radical (unpaired) electrons. The lowest BCUT2D eigenvalue weighted by molar-refractivity contribution is 0.206. The van der Waals surface area contributed by atoms with Gasteiger partial charge in [0, 0.05) is 0 Å². The summed E-state index contributed by atoms with van der Waals surface area (Å²) in [5.74, 6) is 1.74. The Morgan fingerprint density at radius 3 is 2.15 bits per heavy atom. The maximum Gasteiger partial charge on any atom is -0.00161 e. The average Bonchev–Trinajstić information content (AvgIpc) is 2.15. The van der Waals surface area contributed by atoms with Gasteiger partial charge in [-0.2, -0.15) is 0 Å². The predicted octanol–water partition coefficient (Wildman–Crippen LogP) is 3.15. The summed E-state index contributed by atoms with van der Waals surface area (Å²) >= 11 is 0. The molecule has 1 nitrogen and oxygen atoms in total. The van der Waals surface area contributed by atoms with E-state index in [0.717, 1.165) is 11.8 Å². The molecule has 1 rings (SSSR count). The van der Waals surface area contributed by atoms with Crippen molar-refractivity contribution in [2.24, 2.45) is 11.8 Å². The number of nitrogens with zero attached hydrogens (tertiary/aromatic N) is 1. The van der Waals surface area contributed by atoms with Crippen molar-refractivity contribution >= 4 is 0 Å². The predicted molar refractivity (Wildman–Crippen MR) is 58.9 cm³/mol. The van der Waals surface area contributed by atoms with E-state index in [0.29, 0.717) is 0 Å². The highest BCUT2D eigenvalue weighted by atomic mass is 15.1. The van der Waals surface area contributed by atoms with Crippen LogP contribution >= 0.6 is 0 Å². The van der Waals surface area contributed by atoms with Crippen LogP contribution in [0, 0.1) is 11.8 Å². The van der Waals surface area contributed by atoms with Crippen molar-refractivity contribution < 1.29 is 0 Å². The average molecular weight is 183 g/mol. The lowest BCUT2D eigenvalue weighted by Crippen LogP contribution is -2.31. The Morgan fingerprint density at radius 1 is 1.00 bits per heavy atom. The topological polar surface area (TPSA) is 3.24 Å². The van der Waals surface area contributed by atoms with Crippen LogP contribution in [-0.4, -0.2) is 24.5 Å². The molecule has 0 spiro atoms. The van der Waals surface area contributed by atoms with Crippen molar-refractivity contribution in [1.82, 2.24) is 4.90 Å². The van der Waals surface area contributed by atoms with Gasteiger partial charge in [-0.3, -0.25) is 0 Å². The summed E-state index contributed by atoms with van der Waals surface area (Å²) < 4.78 is 0. The minimum Gasteiger partial charge on any atom is -0.303 e. The molecule has 0 N–H and O–H groups in total. The second-order valence-corrected chi connectivity index (χ2v) is 4.91. The van der Waals surface area contributed by atoms with Crippen LogP contribution in [0.5, 0.6) is 0 Å². The third kappa shape index (κ3) is 4.12. The molecule has 0 amide bonds. The molecule has 0 aliphatic carbocycles. The second-order valence-electron chi connectivity index (χ2n) is 4.91. The van der Waals surface area contributed by atoms with Crippen LogP contribution in [-0.2, 0) is 0 Å². The van der Waals surface area contributed by atoms with E-state index < -0.39 is 0 Å². The fraction of sp³-hybridized carbons (Fsp3) is 1.00. The van der Waals surface area contributed by atoms with Gasteiger partial charge >= 0.3 is 0 Å². The van der Waals surface area contributed by atoms with E-state index in [2.05, 4.69) is 25.7 Å². The normalized spacial score (nSPS) is 22.2. The molecule has 1 atom stereocenters. The van der Waals surface area contributed by atoms with Crippen molar-refractivity contribution in [2.75, 3.05) is 19.6 Å². The third-order valence-corrected chi connectivity index (χ3v) is 3.49. The first-order valence-corrected chi connectivity index (χ1v) is 5.92. The van der Waals surface area contributed by atoms with Gasteiger partial charge in [-0.15, -0.1) is 0 Å². The first-order chi connectivity index (χ1) is 6.20. The summed E-state index contributed by atoms with van der Waals surface area (Å²) in [5.41, 5.74) is 0. The largest absolute Gasteiger partial charge is 0.303 e. The van der Waals surface area contributed by atoms with Crippen LogP contribution in [0.4, 0.5) is 0 Å². The fourth-order valence-corrected chi connectivity index (χ4v) is 1.90. The molecule has 0 aromatic heterocycles. The molecule has 78 valence electrons. The van der Waals surface area contributed by atoms with E-state index in [4.69, 9.17) is 0 Å². The van der Waals surface area contributed by atoms with Crippen molar-refractivity contribution in [1.29, 1.82) is 0 Å². The second kappa shape index (κ2) is 5.64. The van der Waals surface area contributed by atoms with Gasteiger partial charge in [-0.05, 0) is 50.7 Å². The standard InChI is InChI=1S/C12H25N/c1-11(2)12(3)7-10-13-8-5-4-6-9-13/h11-12H,4-10H2,1-3H3. The molecule has 1 heterocycles. The zero-order valence-electron chi connectivity index (χ0n) is 9.55. The molecule has 1 heteroatoms. The highest BCUT2D eigenvalue weighted by Gasteiger charge is 2.12. The highest BCUT2D eigenvalue weighted by Crippen LogP contribution is 2.16. The quantitative estimate of drug-likeness (QED) is 0.647. The summed E-state index contributed by atoms with van der Waals surface area (Å²) in [6, 6.07) is 0. The monoisotopic (exact) mass is 183 g/mol. The third-order valence-electron chi connectivity index (χ3n) is 3.49. The van der Waals surface area contributed by atoms with E-state index in [1.165, 1.54) is 45.3 Å². The lowest BCUT2D eigenvalue weighted by Gasteiger charge is -2.28. The van der Waals surface area contributed by atoms with Gasteiger partial charge < -0.3 is 4.90 Å². The van der Waals surface area contributed by atoms with E-state index >= 15 is 0 Å². The molecule has 13 heavy (non-hydrogen) atoms. The number of rotatable bonds is 4. The number of hydrogen-bond donors (Lipinski definition) is 0. The molecule has 1 aliphatic rings. The van der Waals surface area contributed by atoms with Crippen molar-refractivity contribution in [3.8, 4) is 0 Å². The molecule has 0 saturated carbocycles. The summed E-state index contributed by atoms with van der Waals surface area (Å²) in [5, 5.41) is 0. The number of hydrogen-bond acceptors (Lipinski definition) is 1. The SMILES string of the molecule is CC(C)C(C)CCN1CCCCC1. The van der Waals surface area contributed by atoms with Crippen LogP contribution in [0.1, 0.15) is 46.5 Å². The van der Waals surface area contributed by atoms with Crippen LogP contribution < -0.4 is 0 Å². The van der Waals surface area contributed by atoms with Gasteiger partial charge in [0.2, 0.25) is 0 Å². The molecule has 0 bridgehead atoms. The summed E-state index contributed by atoms with van der Waals surface area (Å²) in [4.78, 5) is 2.64. The van der Waals surface area contributed by atoms with Crippen molar-refractivity contribution in [2.45, 2.75) is 46.5 Å². The Labute approximate surface area is 83.5 Å². The molecule has 1 aliphatic heterocycles. The molecular formula is C12H25N. The van der Waals surface area contributed by atoms with E-state index in [-0.39, 0.29) is 0 Å². The molecule has 0 aromatic carbocycles. The fourth-order valence-electron chi connectivity index (χ4n) is 1.90. The lowest BCUT2D eigenvalue weighted by atomic mass is 9.94. The summed E-state index contributed by atoms with van der Waals surface area (Å²) in [6.07, 6.45) is 5.69. The molecule has 1 fully saturated rings. The van der Waals surface area contributed by atoms with Crippen LogP contribution in [0.2, 0.25) is 0 Å². The minimum atomic E-state index is 0.852. The van der Waals surface area contributed by atoms with Gasteiger partial charge in [0.25, 0.3) is 0 Å². The highest BCUT2D eigenvalue weighted by molar-refractivity contribution is 4.66. The summed E-state index contributed by atoms with van der Waals surface area (Å²) in [6.45, 7) is 11.1. The van der Waals surface area contributed by atoms with Gasteiger partial charge in [0.05, 0.1) is 0 Å².